The topological polar surface area (TPSA) is 57.0 Å². The number of esters is 1. The Bertz CT molecular complexity index is 589. The minimum atomic E-state index is -0.238. The molecular formula is C14H15N3O2. The molecule has 1 saturated carbocycles. The van der Waals surface area contributed by atoms with Crippen LogP contribution in [0.1, 0.15) is 35.2 Å². The molecule has 0 atom stereocenters. The number of nitrogens with zero attached hydrogens (tertiary/aromatic N) is 3. The number of benzene rings is 1. The van der Waals surface area contributed by atoms with Crippen LogP contribution in [-0.4, -0.2) is 26.8 Å². The first-order chi connectivity index (χ1) is 9.24. The predicted octanol–water partition coefficient (Wildman–Crippen LogP) is 2.29. The Kier molecular flexibility index (Phi) is 3.03. The summed E-state index contributed by atoms with van der Waals surface area (Å²) < 4.78 is 7.06. The maximum atomic E-state index is 11.9. The summed E-state index contributed by atoms with van der Waals surface area (Å²) in [4.78, 5) is 15.9. The molecule has 0 aliphatic heterocycles. The summed E-state index contributed by atoms with van der Waals surface area (Å²) in [6.07, 6.45) is 6.36. The zero-order chi connectivity index (χ0) is 13.2. The van der Waals surface area contributed by atoms with Gasteiger partial charge in [0.2, 0.25) is 0 Å². The van der Waals surface area contributed by atoms with Crippen molar-refractivity contribution in [3.05, 3.63) is 42.0 Å². The number of carbonyl (C=O) groups excluding carboxylic acids is 1. The Labute approximate surface area is 111 Å². The maximum Gasteiger partial charge on any atom is 0.338 e. The van der Waals surface area contributed by atoms with Gasteiger partial charge in [-0.25, -0.2) is 14.5 Å². The van der Waals surface area contributed by atoms with Gasteiger partial charge in [-0.3, -0.25) is 0 Å². The Morgan fingerprint density at radius 2 is 2.26 bits per heavy atom. The third-order valence-electron chi connectivity index (χ3n) is 3.42. The van der Waals surface area contributed by atoms with E-state index in [4.69, 9.17) is 4.74 Å². The molecule has 1 aliphatic carbocycles. The normalized spacial score (nSPS) is 15.0. The van der Waals surface area contributed by atoms with Crippen LogP contribution >= 0.6 is 0 Å². The van der Waals surface area contributed by atoms with Crippen LogP contribution in [0.5, 0.6) is 0 Å². The molecular weight excluding hydrogens is 242 g/mol. The highest BCUT2D eigenvalue weighted by Crippen LogP contribution is 2.24. The fourth-order valence-electron chi connectivity index (χ4n) is 2.08. The first kappa shape index (κ1) is 11.9. The summed E-state index contributed by atoms with van der Waals surface area (Å²) in [6, 6.07) is 5.46. The number of aromatic nitrogens is 3. The predicted molar refractivity (Wildman–Crippen MR) is 69.2 cm³/mol. The number of carbonyl (C=O) groups is 1. The Morgan fingerprint density at radius 1 is 1.42 bits per heavy atom. The molecule has 1 heterocycles. The number of rotatable bonds is 3. The van der Waals surface area contributed by atoms with Crippen LogP contribution in [0.3, 0.4) is 0 Å². The third kappa shape index (κ3) is 2.36. The van der Waals surface area contributed by atoms with E-state index in [1.807, 2.05) is 19.1 Å². The van der Waals surface area contributed by atoms with Gasteiger partial charge in [0, 0.05) is 0 Å². The molecule has 0 radical (unpaired) electrons. The van der Waals surface area contributed by atoms with E-state index >= 15 is 0 Å². The number of hydrogen-bond donors (Lipinski definition) is 0. The molecule has 5 nitrogen and oxygen atoms in total. The van der Waals surface area contributed by atoms with Crippen molar-refractivity contribution in [3.8, 4) is 5.69 Å². The second-order valence-electron chi connectivity index (χ2n) is 4.80. The zero-order valence-corrected chi connectivity index (χ0v) is 10.7. The van der Waals surface area contributed by atoms with Crippen LogP contribution in [-0.2, 0) is 4.74 Å². The molecule has 3 rings (SSSR count). The lowest BCUT2D eigenvalue weighted by atomic mass is 9.96. The van der Waals surface area contributed by atoms with E-state index in [0.717, 1.165) is 30.5 Å². The minimum Gasteiger partial charge on any atom is -0.459 e. The van der Waals surface area contributed by atoms with Crippen LogP contribution in [0.4, 0.5) is 0 Å². The van der Waals surface area contributed by atoms with Crippen LogP contribution in [0.15, 0.2) is 30.9 Å². The van der Waals surface area contributed by atoms with Crippen LogP contribution < -0.4 is 0 Å². The summed E-state index contributed by atoms with van der Waals surface area (Å²) in [5.74, 6) is -0.238. The van der Waals surface area contributed by atoms with Gasteiger partial charge in [-0.1, -0.05) is 0 Å². The smallest absolute Gasteiger partial charge is 0.338 e. The average Bonchev–Trinajstić information content (AvgIpc) is 2.87. The summed E-state index contributed by atoms with van der Waals surface area (Å²) in [5, 5.41) is 4.08. The lowest BCUT2D eigenvalue weighted by Crippen LogP contribution is -2.25. The van der Waals surface area contributed by atoms with Crippen LogP contribution in [0.2, 0.25) is 0 Å². The van der Waals surface area contributed by atoms with Gasteiger partial charge in [0.15, 0.2) is 0 Å². The number of ether oxygens (including phenoxy) is 1. The van der Waals surface area contributed by atoms with Gasteiger partial charge in [-0.15, -0.1) is 0 Å². The van der Waals surface area contributed by atoms with Crippen molar-refractivity contribution >= 4 is 5.97 Å². The first-order valence-electron chi connectivity index (χ1n) is 6.40. The molecule has 0 saturated heterocycles. The van der Waals surface area contributed by atoms with E-state index in [0.29, 0.717) is 5.56 Å². The summed E-state index contributed by atoms with van der Waals surface area (Å²) in [5.41, 5.74) is 2.47. The molecule has 5 heteroatoms. The van der Waals surface area contributed by atoms with E-state index < -0.39 is 0 Å². The Hall–Kier alpha value is -2.17. The molecule has 0 unspecified atom stereocenters. The SMILES string of the molecule is Cc1cc(C(=O)OC2CCC2)ccc1-n1cncn1. The molecule has 0 bridgehead atoms. The van der Waals surface area contributed by atoms with E-state index in [-0.39, 0.29) is 12.1 Å². The second kappa shape index (κ2) is 4.84. The van der Waals surface area contributed by atoms with Gasteiger partial charge in [0.05, 0.1) is 11.3 Å². The minimum absolute atomic E-state index is 0.114. The first-order valence-corrected chi connectivity index (χ1v) is 6.40. The Balaban J connectivity index is 1.80. The standard InChI is InChI=1S/C14H15N3O2/c1-10-7-11(14(18)19-12-3-2-4-12)5-6-13(10)17-9-15-8-16-17/h5-9,12H,2-4H2,1H3. The van der Waals surface area contributed by atoms with Crippen molar-refractivity contribution in [2.75, 3.05) is 0 Å². The molecule has 19 heavy (non-hydrogen) atoms. The van der Waals surface area contributed by atoms with Crippen molar-refractivity contribution in [1.29, 1.82) is 0 Å². The van der Waals surface area contributed by atoms with Crippen molar-refractivity contribution in [2.24, 2.45) is 0 Å². The molecule has 0 spiro atoms. The third-order valence-corrected chi connectivity index (χ3v) is 3.42. The zero-order valence-electron chi connectivity index (χ0n) is 10.7. The van der Waals surface area contributed by atoms with Gasteiger partial charge in [-0.05, 0) is 49.9 Å². The number of aryl methyl sites for hydroxylation is 1. The highest BCUT2D eigenvalue weighted by Gasteiger charge is 2.22. The molecule has 1 aromatic carbocycles. The van der Waals surface area contributed by atoms with Gasteiger partial charge in [0.25, 0.3) is 0 Å². The van der Waals surface area contributed by atoms with Gasteiger partial charge < -0.3 is 4.74 Å². The highest BCUT2D eigenvalue weighted by molar-refractivity contribution is 5.90. The average molecular weight is 257 g/mol. The van der Waals surface area contributed by atoms with Crippen molar-refractivity contribution < 1.29 is 9.53 Å². The van der Waals surface area contributed by atoms with E-state index in [1.165, 1.54) is 6.33 Å². The maximum absolute atomic E-state index is 11.9. The lowest BCUT2D eigenvalue weighted by Gasteiger charge is -2.25. The molecule has 2 aromatic rings. The molecule has 1 aromatic heterocycles. The summed E-state index contributed by atoms with van der Waals surface area (Å²) in [6.45, 7) is 1.94. The van der Waals surface area contributed by atoms with Gasteiger partial charge >= 0.3 is 5.97 Å². The van der Waals surface area contributed by atoms with Crippen LogP contribution in [0, 0.1) is 6.92 Å². The van der Waals surface area contributed by atoms with Crippen LogP contribution in [0.25, 0.3) is 5.69 Å². The molecule has 1 aliphatic rings. The fourth-order valence-corrected chi connectivity index (χ4v) is 2.08. The van der Waals surface area contributed by atoms with E-state index in [9.17, 15) is 4.79 Å². The van der Waals surface area contributed by atoms with E-state index in [2.05, 4.69) is 10.1 Å². The quantitative estimate of drug-likeness (QED) is 0.791. The molecule has 0 amide bonds. The second-order valence-corrected chi connectivity index (χ2v) is 4.80. The number of hydrogen-bond acceptors (Lipinski definition) is 4. The van der Waals surface area contributed by atoms with Crippen molar-refractivity contribution in [3.63, 3.8) is 0 Å². The fraction of sp³-hybridized carbons (Fsp3) is 0.357. The van der Waals surface area contributed by atoms with Gasteiger partial charge in [-0.2, -0.15) is 5.10 Å². The molecule has 0 N–H and O–H groups in total. The summed E-state index contributed by atoms with van der Waals surface area (Å²) >= 11 is 0. The van der Waals surface area contributed by atoms with Crippen molar-refractivity contribution in [1.82, 2.24) is 14.8 Å². The monoisotopic (exact) mass is 257 g/mol. The van der Waals surface area contributed by atoms with E-state index in [1.54, 1.807) is 17.1 Å². The Morgan fingerprint density at radius 3 is 2.84 bits per heavy atom. The van der Waals surface area contributed by atoms with Crippen molar-refractivity contribution in [2.45, 2.75) is 32.3 Å². The summed E-state index contributed by atoms with van der Waals surface area (Å²) in [7, 11) is 0. The molecule has 98 valence electrons. The largest absolute Gasteiger partial charge is 0.459 e. The molecule has 1 fully saturated rings. The lowest BCUT2D eigenvalue weighted by molar-refractivity contribution is 0.00900. The van der Waals surface area contributed by atoms with Gasteiger partial charge in [0.1, 0.15) is 18.8 Å². The highest BCUT2D eigenvalue weighted by atomic mass is 16.5.